The number of halogens is 6. The lowest BCUT2D eigenvalue weighted by Crippen LogP contribution is -2.20. The van der Waals surface area contributed by atoms with Crippen molar-refractivity contribution in [3.8, 4) is 11.3 Å². The second kappa shape index (κ2) is 8.97. The number of alkyl halides is 5. The van der Waals surface area contributed by atoms with Gasteiger partial charge >= 0.3 is 6.18 Å². The molecule has 3 atom stereocenters. The Labute approximate surface area is 218 Å². The first-order valence-electron chi connectivity index (χ1n) is 12.3. The third kappa shape index (κ3) is 4.72. The summed E-state index contributed by atoms with van der Waals surface area (Å²) in [5, 5.41) is 4.08. The average molecular weight is 548 g/mol. The first kappa shape index (κ1) is 25.7. The van der Waals surface area contributed by atoms with E-state index in [1.54, 1.807) is 20.0 Å². The molecule has 0 spiro atoms. The number of aryl methyl sites for hydroxylation is 2. The van der Waals surface area contributed by atoms with Crippen molar-refractivity contribution >= 4 is 11.2 Å². The van der Waals surface area contributed by atoms with Gasteiger partial charge in [-0.1, -0.05) is 0 Å². The SMILES string of the molecule is Cc1nc2nc([C@H]3CCO[C@@H](c4cnn([C@@H]5CC5(F)F)c4)C3)nc(-c3ccc(C(F)(F)F)cc3F)c2nc1C. The molecule has 0 amide bonds. The summed E-state index contributed by atoms with van der Waals surface area (Å²) in [5.41, 5.74) is 0.950. The molecule has 1 aromatic carbocycles. The topological polar surface area (TPSA) is 78.6 Å². The fourth-order valence-corrected chi connectivity index (χ4v) is 4.82. The number of hydrogen-bond acceptors (Lipinski definition) is 6. The Bertz CT molecular complexity index is 1590. The minimum absolute atomic E-state index is 0.0450. The van der Waals surface area contributed by atoms with Gasteiger partial charge in [0.1, 0.15) is 28.9 Å². The summed E-state index contributed by atoms with van der Waals surface area (Å²) in [4.78, 5) is 18.2. The number of nitrogens with zero attached hydrogens (tertiary/aromatic N) is 6. The first-order valence-corrected chi connectivity index (χ1v) is 12.3. The zero-order chi connectivity index (χ0) is 27.7. The van der Waals surface area contributed by atoms with Crippen molar-refractivity contribution in [2.24, 2.45) is 0 Å². The van der Waals surface area contributed by atoms with E-state index in [0.717, 1.165) is 12.1 Å². The van der Waals surface area contributed by atoms with Crippen LogP contribution in [0.2, 0.25) is 0 Å². The molecule has 0 radical (unpaired) electrons. The molecule has 13 heteroatoms. The molecule has 1 aliphatic heterocycles. The van der Waals surface area contributed by atoms with Crippen LogP contribution in [0.4, 0.5) is 26.3 Å². The van der Waals surface area contributed by atoms with Gasteiger partial charge in [0.05, 0.1) is 29.3 Å². The molecule has 4 aromatic rings. The zero-order valence-electron chi connectivity index (χ0n) is 20.8. The molecule has 4 heterocycles. The summed E-state index contributed by atoms with van der Waals surface area (Å²) >= 11 is 0. The van der Waals surface area contributed by atoms with E-state index in [4.69, 9.17) is 4.74 Å². The van der Waals surface area contributed by atoms with Gasteiger partial charge < -0.3 is 4.74 Å². The highest BCUT2D eigenvalue weighted by atomic mass is 19.4. The van der Waals surface area contributed by atoms with Crippen molar-refractivity contribution in [1.82, 2.24) is 29.7 Å². The van der Waals surface area contributed by atoms with Crippen LogP contribution >= 0.6 is 0 Å². The molecule has 0 N–H and O–H groups in total. The summed E-state index contributed by atoms with van der Waals surface area (Å²) in [5.74, 6) is -3.81. The van der Waals surface area contributed by atoms with E-state index in [1.165, 1.54) is 10.9 Å². The standard InChI is InChI=1S/C26H22F6N6O/c1-12-13(2)35-24-22(34-12)21(17-4-3-16(8-18(17)27)26(30,31)32)36-23(37-24)14-5-6-39-19(7-14)15-10-33-38(11-15)20-9-25(20,28)29/h3-4,8,10-11,14,19-20H,5-7,9H2,1-2H3/t14-,19+,20+/m0/s1. The molecule has 6 rings (SSSR count). The number of rotatable bonds is 4. The second-order valence-corrected chi connectivity index (χ2v) is 10.0. The van der Waals surface area contributed by atoms with Crippen LogP contribution in [-0.4, -0.2) is 42.2 Å². The van der Waals surface area contributed by atoms with E-state index in [-0.39, 0.29) is 34.8 Å². The maximum Gasteiger partial charge on any atom is 0.416 e. The molecule has 39 heavy (non-hydrogen) atoms. The summed E-state index contributed by atoms with van der Waals surface area (Å²) in [6, 6.07) is 1.31. The van der Waals surface area contributed by atoms with E-state index in [9.17, 15) is 22.0 Å². The minimum atomic E-state index is -4.70. The Morgan fingerprint density at radius 3 is 2.49 bits per heavy atom. The van der Waals surface area contributed by atoms with Crippen molar-refractivity contribution < 1.29 is 31.1 Å². The second-order valence-electron chi connectivity index (χ2n) is 10.0. The van der Waals surface area contributed by atoms with E-state index in [1.807, 2.05) is 0 Å². The van der Waals surface area contributed by atoms with Gasteiger partial charge in [0, 0.05) is 36.3 Å². The lowest BCUT2D eigenvalue weighted by atomic mass is 9.92. The number of benzene rings is 1. The van der Waals surface area contributed by atoms with Crippen molar-refractivity contribution in [3.63, 3.8) is 0 Å². The lowest BCUT2D eigenvalue weighted by Gasteiger charge is -2.28. The molecule has 1 aliphatic carbocycles. The molecule has 0 bridgehead atoms. The van der Waals surface area contributed by atoms with Crippen LogP contribution < -0.4 is 0 Å². The zero-order valence-corrected chi connectivity index (χ0v) is 20.8. The highest BCUT2D eigenvalue weighted by Gasteiger charge is 2.59. The van der Waals surface area contributed by atoms with Crippen molar-refractivity contribution in [2.45, 2.75) is 63.3 Å². The molecular weight excluding hydrogens is 526 g/mol. The van der Waals surface area contributed by atoms with Crippen molar-refractivity contribution in [1.29, 1.82) is 0 Å². The van der Waals surface area contributed by atoms with Crippen molar-refractivity contribution in [3.05, 3.63) is 64.7 Å². The van der Waals surface area contributed by atoms with Crippen LogP contribution in [0, 0.1) is 19.7 Å². The van der Waals surface area contributed by atoms with Crippen LogP contribution in [0.25, 0.3) is 22.4 Å². The van der Waals surface area contributed by atoms with Gasteiger partial charge in [-0.3, -0.25) is 4.68 Å². The Morgan fingerprint density at radius 2 is 1.79 bits per heavy atom. The van der Waals surface area contributed by atoms with E-state index < -0.39 is 35.6 Å². The largest absolute Gasteiger partial charge is 0.416 e. The van der Waals surface area contributed by atoms with Gasteiger partial charge in [-0.15, -0.1) is 0 Å². The fraction of sp³-hybridized carbons (Fsp3) is 0.423. The van der Waals surface area contributed by atoms with Crippen LogP contribution in [0.1, 0.15) is 65.7 Å². The summed E-state index contributed by atoms with van der Waals surface area (Å²) in [6.07, 6.45) is -1.44. The van der Waals surface area contributed by atoms with Crippen LogP contribution in [0.15, 0.2) is 30.6 Å². The fourth-order valence-electron chi connectivity index (χ4n) is 4.82. The van der Waals surface area contributed by atoms with E-state index >= 15 is 4.39 Å². The predicted molar refractivity (Wildman–Crippen MR) is 126 cm³/mol. The van der Waals surface area contributed by atoms with Crippen LogP contribution in [-0.2, 0) is 10.9 Å². The highest BCUT2D eigenvalue weighted by Crippen LogP contribution is 2.52. The van der Waals surface area contributed by atoms with Gasteiger partial charge in [-0.25, -0.2) is 33.1 Å². The third-order valence-electron chi connectivity index (χ3n) is 7.27. The van der Waals surface area contributed by atoms with Gasteiger partial charge in [-0.05, 0) is 44.9 Å². The predicted octanol–water partition coefficient (Wildman–Crippen LogP) is 6.27. The molecule has 1 saturated carbocycles. The number of ether oxygens (including phenoxy) is 1. The minimum Gasteiger partial charge on any atom is -0.373 e. The van der Waals surface area contributed by atoms with Crippen LogP contribution in [0.3, 0.4) is 0 Å². The van der Waals surface area contributed by atoms with Crippen molar-refractivity contribution in [2.75, 3.05) is 6.61 Å². The maximum atomic E-state index is 15.1. The highest BCUT2D eigenvalue weighted by molar-refractivity contribution is 5.87. The van der Waals surface area contributed by atoms with Gasteiger partial charge in [0.2, 0.25) is 0 Å². The Kier molecular flexibility index (Phi) is 5.90. The molecule has 0 unspecified atom stereocenters. The number of hydrogen-bond donors (Lipinski definition) is 0. The smallest absolute Gasteiger partial charge is 0.373 e. The number of fused-ring (bicyclic) bond motifs is 1. The summed E-state index contributed by atoms with van der Waals surface area (Å²) in [6.45, 7) is 3.78. The molecular formula is C26H22F6N6O. The van der Waals surface area contributed by atoms with Gasteiger partial charge in [-0.2, -0.15) is 18.3 Å². The molecule has 2 fully saturated rings. The quantitative estimate of drug-likeness (QED) is 0.280. The molecule has 7 nitrogen and oxygen atoms in total. The normalized spacial score (nSPS) is 22.8. The van der Waals surface area contributed by atoms with Gasteiger partial charge in [0.15, 0.2) is 5.65 Å². The Hall–Kier alpha value is -3.61. The average Bonchev–Trinajstić information content (AvgIpc) is 3.28. The van der Waals surface area contributed by atoms with Gasteiger partial charge in [0.25, 0.3) is 5.92 Å². The van der Waals surface area contributed by atoms with E-state index in [2.05, 4.69) is 25.0 Å². The Balaban J connectivity index is 1.38. The first-order chi connectivity index (χ1) is 18.4. The molecule has 2 aliphatic rings. The molecule has 3 aromatic heterocycles. The number of aromatic nitrogens is 6. The summed E-state index contributed by atoms with van der Waals surface area (Å²) in [7, 11) is 0. The molecule has 204 valence electrons. The third-order valence-corrected chi connectivity index (χ3v) is 7.27. The maximum absolute atomic E-state index is 15.1. The Morgan fingerprint density at radius 1 is 1.05 bits per heavy atom. The van der Waals surface area contributed by atoms with E-state index in [0.29, 0.717) is 48.3 Å². The monoisotopic (exact) mass is 548 g/mol. The lowest BCUT2D eigenvalue weighted by molar-refractivity contribution is -0.137. The molecule has 1 saturated heterocycles. The summed E-state index contributed by atoms with van der Waals surface area (Å²) < 4.78 is 88.6. The van der Waals surface area contributed by atoms with Crippen LogP contribution in [0.5, 0.6) is 0 Å².